The molecule has 5 nitrogen and oxygen atoms in total. The number of hydrogen-bond donors (Lipinski definition) is 1. The molecule has 0 atom stereocenters. The molecule has 156 valence electrons. The van der Waals surface area contributed by atoms with E-state index in [0.29, 0.717) is 13.0 Å². The Labute approximate surface area is 186 Å². The van der Waals surface area contributed by atoms with Crippen LogP contribution in [0.5, 0.6) is 5.75 Å². The lowest BCUT2D eigenvalue weighted by atomic mass is 10.1. The standard InChI is InChI=1S/C25H23N3O2S/c1-2-30-20-14-12-19(13-15-20)26-24(29)17-31-25-16-23(18-8-4-3-5-9-18)27-21-10-6-7-11-22(21)28-25/h3-15H,2,16-17H2,1H3,(H,26,29). The zero-order valence-corrected chi connectivity index (χ0v) is 18.1. The van der Waals surface area contributed by atoms with Crippen LogP contribution in [0.15, 0.2) is 88.8 Å². The maximum Gasteiger partial charge on any atom is 0.234 e. The van der Waals surface area contributed by atoms with Crippen LogP contribution in [0.4, 0.5) is 17.1 Å². The van der Waals surface area contributed by atoms with Crippen molar-refractivity contribution in [2.45, 2.75) is 13.3 Å². The summed E-state index contributed by atoms with van der Waals surface area (Å²) in [5.41, 5.74) is 4.42. The highest BCUT2D eigenvalue weighted by atomic mass is 32.2. The quantitative estimate of drug-likeness (QED) is 0.522. The van der Waals surface area contributed by atoms with Crippen molar-refractivity contribution in [3.8, 4) is 5.75 Å². The van der Waals surface area contributed by atoms with Crippen molar-refractivity contribution in [3.05, 3.63) is 84.4 Å². The molecular formula is C25H23N3O2S. The van der Waals surface area contributed by atoms with Gasteiger partial charge in [-0.05, 0) is 48.9 Å². The minimum Gasteiger partial charge on any atom is -0.494 e. The lowest BCUT2D eigenvalue weighted by molar-refractivity contribution is -0.113. The number of amides is 1. The van der Waals surface area contributed by atoms with Gasteiger partial charge in [-0.15, -0.1) is 11.8 Å². The van der Waals surface area contributed by atoms with Crippen molar-refractivity contribution >= 4 is 45.5 Å². The van der Waals surface area contributed by atoms with Gasteiger partial charge in [0.15, 0.2) is 0 Å². The van der Waals surface area contributed by atoms with Gasteiger partial charge in [-0.3, -0.25) is 9.79 Å². The summed E-state index contributed by atoms with van der Waals surface area (Å²) >= 11 is 1.44. The minimum absolute atomic E-state index is 0.0763. The summed E-state index contributed by atoms with van der Waals surface area (Å²) in [6, 6.07) is 25.3. The molecule has 4 rings (SSSR count). The molecule has 0 radical (unpaired) electrons. The number of thioether (sulfide) groups is 1. The van der Waals surface area contributed by atoms with E-state index in [-0.39, 0.29) is 11.7 Å². The molecule has 1 aliphatic heterocycles. The number of benzene rings is 3. The molecule has 0 aromatic heterocycles. The summed E-state index contributed by atoms with van der Waals surface area (Å²) in [6.07, 6.45) is 0.583. The Bertz CT molecular complexity index is 1110. The number of ether oxygens (including phenoxy) is 1. The lowest BCUT2D eigenvalue weighted by Gasteiger charge is -2.09. The van der Waals surface area contributed by atoms with Crippen LogP contribution < -0.4 is 10.1 Å². The molecule has 1 amide bonds. The number of anilines is 1. The van der Waals surface area contributed by atoms with E-state index in [9.17, 15) is 4.79 Å². The van der Waals surface area contributed by atoms with Crippen molar-refractivity contribution in [2.75, 3.05) is 17.7 Å². The zero-order chi connectivity index (χ0) is 21.5. The number of aliphatic imine (C=N–C) groups is 2. The Kier molecular flexibility index (Phi) is 6.79. The summed E-state index contributed by atoms with van der Waals surface area (Å²) in [5.74, 6) is 0.984. The number of carbonyl (C=O) groups is 1. The van der Waals surface area contributed by atoms with Gasteiger partial charge in [0.25, 0.3) is 0 Å². The highest BCUT2D eigenvalue weighted by Gasteiger charge is 2.16. The molecule has 0 aliphatic carbocycles. The van der Waals surface area contributed by atoms with Gasteiger partial charge in [0.1, 0.15) is 5.75 Å². The Hall–Kier alpha value is -3.38. The average molecular weight is 430 g/mol. The van der Waals surface area contributed by atoms with Crippen LogP contribution in [0.1, 0.15) is 18.9 Å². The Morgan fingerprint density at radius 3 is 2.32 bits per heavy atom. The van der Waals surface area contributed by atoms with E-state index in [1.54, 1.807) is 0 Å². The van der Waals surface area contributed by atoms with E-state index in [0.717, 1.165) is 39.1 Å². The molecule has 0 unspecified atom stereocenters. The van der Waals surface area contributed by atoms with Gasteiger partial charge in [-0.1, -0.05) is 42.5 Å². The van der Waals surface area contributed by atoms with E-state index in [4.69, 9.17) is 14.7 Å². The highest BCUT2D eigenvalue weighted by Crippen LogP contribution is 2.33. The summed E-state index contributed by atoms with van der Waals surface area (Å²) in [5, 5.41) is 3.80. The summed E-state index contributed by atoms with van der Waals surface area (Å²) in [4.78, 5) is 22.1. The summed E-state index contributed by atoms with van der Waals surface area (Å²) in [6.45, 7) is 2.55. The van der Waals surface area contributed by atoms with E-state index in [2.05, 4.69) is 5.32 Å². The van der Waals surface area contributed by atoms with Crippen LogP contribution >= 0.6 is 11.8 Å². The van der Waals surface area contributed by atoms with Crippen LogP contribution in [0.25, 0.3) is 0 Å². The van der Waals surface area contributed by atoms with Gasteiger partial charge in [0, 0.05) is 12.1 Å². The maximum atomic E-state index is 12.5. The van der Waals surface area contributed by atoms with Crippen molar-refractivity contribution in [1.29, 1.82) is 0 Å². The molecule has 6 heteroatoms. The molecule has 31 heavy (non-hydrogen) atoms. The van der Waals surface area contributed by atoms with E-state index >= 15 is 0 Å². The fourth-order valence-corrected chi connectivity index (χ4v) is 3.95. The Morgan fingerprint density at radius 2 is 1.61 bits per heavy atom. The molecule has 3 aromatic rings. The summed E-state index contributed by atoms with van der Waals surface area (Å²) in [7, 11) is 0. The van der Waals surface area contributed by atoms with Gasteiger partial charge < -0.3 is 10.1 Å². The molecule has 3 aromatic carbocycles. The van der Waals surface area contributed by atoms with Crippen molar-refractivity contribution in [1.82, 2.24) is 0 Å². The van der Waals surface area contributed by atoms with Gasteiger partial charge >= 0.3 is 0 Å². The van der Waals surface area contributed by atoms with Crippen molar-refractivity contribution < 1.29 is 9.53 Å². The van der Waals surface area contributed by atoms with E-state index < -0.39 is 0 Å². The van der Waals surface area contributed by atoms with Gasteiger partial charge in [-0.25, -0.2) is 4.99 Å². The van der Waals surface area contributed by atoms with Crippen molar-refractivity contribution in [2.24, 2.45) is 9.98 Å². The van der Waals surface area contributed by atoms with E-state index in [1.807, 2.05) is 85.8 Å². The molecule has 0 fully saturated rings. The number of nitrogens with zero attached hydrogens (tertiary/aromatic N) is 2. The van der Waals surface area contributed by atoms with Crippen LogP contribution in [0, 0.1) is 0 Å². The van der Waals surface area contributed by atoms with Gasteiger partial charge in [0.05, 0.1) is 34.5 Å². The van der Waals surface area contributed by atoms with Crippen LogP contribution in [0.3, 0.4) is 0 Å². The first-order valence-corrected chi connectivity index (χ1v) is 11.1. The molecule has 0 bridgehead atoms. The lowest BCUT2D eigenvalue weighted by Crippen LogP contribution is -2.16. The number of hydrogen-bond acceptors (Lipinski definition) is 5. The predicted molar refractivity (Wildman–Crippen MR) is 129 cm³/mol. The van der Waals surface area contributed by atoms with Crippen molar-refractivity contribution in [3.63, 3.8) is 0 Å². The molecule has 1 aliphatic rings. The molecule has 1 heterocycles. The largest absolute Gasteiger partial charge is 0.494 e. The smallest absolute Gasteiger partial charge is 0.234 e. The second-order valence-corrected chi connectivity index (χ2v) is 7.94. The van der Waals surface area contributed by atoms with E-state index in [1.165, 1.54) is 11.8 Å². The number of nitrogens with one attached hydrogen (secondary N) is 1. The second kappa shape index (κ2) is 10.1. The maximum absolute atomic E-state index is 12.5. The number of fused-ring (bicyclic) bond motifs is 1. The predicted octanol–water partition coefficient (Wildman–Crippen LogP) is 6.01. The van der Waals surface area contributed by atoms with Crippen LogP contribution in [-0.4, -0.2) is 29.0 Å². The molecule has 0 saturated carbocycles. The third-order valence-electron chi connectivity index (χ3n) is 4.63. The minimum atomic E-state index is -0.0763. The van der Waals surface area contributed by atoms with Crippen LogP contribution in [-0.2, 0) is 4.79 Å². The first-order chi connectivity index (χ1) is 15.2. The third-order valence-corrected chi connectivity index (χ3v) is 5.60. The second-order valence-electron chi connectivity index (χ2n) is 6.89. The number of carbonyl (C=O) groups excluding carboxylic acids is 1. The van der Waals surface area contributed by atoms with Gasteiger partial charge in [-0.2, -0.15) is 0 Å². The summed E-state index contributed by atoms with van der Waals surface area (Å²) < 4.78 is 5.44. The Balaban J connectivity index is 1.45. The average Bonchev–Trinajstić information content (AvgIpc) is 2.99. The molecular weight excluding hydrogens is 406 g/mol. The first-order valence-electron chi connectivity index (χ1n) is 10.2. The Morgan fingerprint density at radius 1 is 0.935 bits per heavy atom. The monoisotopic (exact) mass is 429 g/mol. The molecule has 0 spiro atoms. The fourth-order valence-electron chi connectivity index (χ4n) is 3.18. The molecule has 1 N–H and O–H groups in total. The zero-order valence-electron chi connectivity index (χ0n) is 17.2. The SMILES string of the molecule is CCOc1ccc(NC(=O)CSC2=Nc3ccccc3N=C(c3ccccc3)C2)cc1. The first kappa shape index (κ1) is 20.9. The number of rotatable bonds is 6. The highest BCUT2D eigenvalue weighted by molar-refractivity contribution is 8.14. The topological polar surface area (TPSA) is 63.0 Å². The fraction of sp³-hybridized carbons (Fsp3) is 0.160. The van der Waals surface area contributed by atoms with Crippen LogP contribution in [0.2, 0.25) is 0 Å². The normalized spacial score (nSPS) is 12.8. The van der Waals surface area contributed by atoms with Gasteiger partial charge in [0.2, 0.25) is 5.91 Å². The molecule has 0 saturated heterocycles. The third kappa shape index (κ3) is 5.61. The number of para-hydroxylation sites is 2.